The van der Waals surface area contributed by atoms with Gasteiger partial charge in [0.2, 0.25) is 5.91 Å². The van der Waals surface area contributed by atoms with E-state index in [0.29, 0.717) is 5.75 Å². The molecule has 0 aromatic carbocycles. The molecular weight excluding hydrogens is 252 g/mol. The van der Waals surface area contributed by atoms with E-state index < -0.39 is 12.0 Å². The van der Waals surface area contributed by atoms with Crippen LogP contribution >= 0.6 is 11.8 Å². The molecule has 2 N–H and O–H groups in total. The van der Waals surface area contributed by atoms with E-state index in [2.05, 4.69) is 5.32 Å². The van der Waals surface area contributed by atoms with Gasteiger partial charge in [0.25, 0.3) is 0 Å². The zero-order chi connectivity index (χ0) is 13.1. The first-order valence-corrected chi connectivity index (χ1v) is 7.60. The molecule has 2 aliphatic heterocycles. The molecule has 0 bridgehead atoms. The smallest absolute Gasteiger partial charge is 0.327 e. The van der Waals surface area contributed by atoms with Gasteiger partial charge in [-0.15, -0.1) is 11.8 Å². The van der Waals surface area contributed by atoms with Gasteiger partial charge >= 0.3 is 5.97 Å². The molecule has 2 aliphatic rings. The zero-order valence-electron chi connectivity index (χ0n) is 10.6. The molecule has 18 heavy (non-hydrogen) atoms. The highest BCUT2D eigenvalue weighted by atomic mass is 32.2. The maximum absolute atomic E-state index is 12.5. The lowest BCUT2D eigenvalue weighted by atomic mass is 10.0. The quantitative estimate of drug-likeness (QED) is 0.798. The molecule has 0 aliphatic carbocycles. The maximum Gasteiger partial charge on any atom is 0.327 e. The van der Waals surface area contributed by atoms with Gasteiger partial charge < -0.3 is 15.3 Å². The second kappa shape index (κ2) is 5.93. The minimum atomic E-state index is -0.886. The van der Waals surface area contributed by atoms with Crippen LogP contribution in [0.1, 0.15) is 32.6 Å². The minimum Gasteiger partial charge on any atom is -0.480 e. The summed E-state index contributed by atoms with van der Waals surface area (Å²) in [5, 5.41) is 12.4. The van der Waals surface area contributed by atoms with Gasteiger partial charge in [-0.25, -0.2) is 4.79 Å². The Labute approximate surface area is 111 Å². The number of carbonyl (C=O) groups excluding carboxylic acids is 1. The molecule has 0 saturated carbocycles. The van der Waals surface area contributed by atoms with E-state index in [-0.39, 0.29) is 17.3 Å². The minimum absolute atomic E-state index is 0.0160. The number of carboxylic acid groups (broad SMARTS) is 1. The standard InChI is InChI=1S/C12H20N2O3S/c1-2-10-14(9(7-18-10)12(16)17)11(15)8-5-3-4-6-13-8/h8-10,13H,2-7H2,1H3,(H,16,17)/t8-,9?,10?/m0/s1. The first-order chi connectivity index (χ1) is 8.65. The third-order valence-corrected chi connectivity index (χ3v) is 5.04. The van der Waals surface area contributed by atoms with Crippen molar-refractivity contribution in [2.45, 2.75) is 50.1 Å². The Morgan fingerprint density at radius 2 is 2.22 bits per heavy atom. The summed E-state index contributed by atoms with van der Waals surface area (Å²) in [6.07, 6.45) is 3.76. The summed E-state index contributed by atoms with van der Waals surface area (Å²) in [6.45, 7) is 2.85. The van der Waals surface area contributed by atoms with Crippen molar-refractivity contribution in [1.29, 1.82) is 0 Å². The summed E-state index contributed by atoms with van der Waals surface area (Å²) < 4.78 is 0. The van der Waals surface area contributed by atoms with Gasteiger partial charge in [0.15, 0.2) is 0 Å². The third kappa shape index (κ3) is 2.64. The summed E-state index contributed by atoms with van der Waals surface area (Å²) in [7, 11) is 0. The number of carboxylic acids is 1. The summed E-state index contributed by atoms with van der Waals surface area (Å²) in [6, 6.07) is -0.843. The molecule has 3 atom stereocenters. The van der Waals surface area contributed by atoms with Crippen LogP contribution in [-0.4, -0.2) is 51.6 Å². The number of nitrogens with zero attached hydrogens (tertiary/aromatic N) is 1. The number of hydrogen-bond donors (Lipinski definition) is 2. The summed E-state index contributed by atoms with van der Waals surface area (Å²) in [5.41, 5.74) is 0. The molecule has 0 aromatic heterocycles. The number of hydrogen-bond acceptors (Lipinski definition) is 4. The van der Waals surface area contributed by atoms with Gasteiger partial charge in [-0.2, -0.15) is 0 Å². The fraction of sp³-hybridized carbons (Fsp3) is 0.833. The summed E-state index contributed by atoms with van der Waals surface area (Å²) >= 11 is 1.58. The Kier molecular flexibility index (Phi) is 4.50. The summed E-state index contributed by atoms with van der Waals surface area (Å²) in [4.78, 5) is 25.3. The van der Waals surface area contributed by atoms with E-state index >= 15 is 0 Å². The number of amides is 1. The number of aliphatic carboxylic acids is 1. The topological polar surface area (TPSA) is 69.6 Å². The Morgan fingerprint density at radius 1 is 1.44 bits per heavy atom. The number of rotatable bonds is 3. The van der Waals surface area contributed by atoms with Crippen molar-refractivity contribution < 1.29 is 14.7 Å². The van der Waals surface area contributed by atoms with Crippen molar-refractivity contribution in [2.75, 3.05) is 12.3 Å². The lowest BCUT2D eigenvalue weighted by Gasteiger charge is -2.32. The second-order valence-corrected chi connectivity index (χ2v) is 6.01. The van der Waals surface area contributed by atoms with E-state index in [1.54, 1.807) is 16.7 Å². The van der Waals surface area contributed by atoms with Gasteiger partial charge in [0.1, 0.15) is 6.04 Å². The van der Waals surface area contributed by atoms with Crippen molar-refractivity contribution in [3.63, 3.8) is 0 Å². The number of piperidine rings is 1. The molecule has 6 heteroatoms. The monoisotopic (exact) mass is 272 g/mol. The Morgan fingerprint density at radius 3 is 2.78 bits per heavy atom. The van der Waals surface area contributed by atoms with Gasteiger partial charge in [-0.05, 0) is 25.8 Å². The molecule has 2 rings (SSSR count). The van der Waals surface area contributed by atoms with Crippen molar-refractivity contribution in [1.82, 2.24) is 10.2 Å². The predicted molar refractivity (Wildman–Crippen MR) is 70.4 cm³/mol. The average Bonchev–Trinajstić information content (AvgIpc) is 2.82. The van der Waals surface area contributed by atoms with Crippen molar-refractivity contribution >= 4 is 23.6 Å². The molecule has 0 aromatic rings. The average molecular weight is 272 g/mol. The lowest BCUT2D eigenvalue weighted by Crippen LogP contribution is -2.54. The van der Waals surface area contributed by atoms with Crippen LogP contribution < -0.4 is 5.32 Å². The highest BCUT2D eigenvalue weighted by Gasteiger charge is 2.42. The first-order valence-electron chi connectivity index (χ1n) is 6.55. The zero-order valence-corrected chi connectivity index (χ0v) is 11.4. The largest absolute Gasteiger partial charge is 0.480 e. The SMILES string of the molecule is CCC1SCC(C(=O)O)N1C(=O)[C@@H]1CCCCN1. The second-order valence-electron chi connectivity index (χ2n) is 4.80. The molecule has 2 heterocycles. The van der Waals surface area contributed by atoms with E-state index in [4.69, 9.17) is 0 Å². The van der Waals surface area contributed by atoms with E-state index in [1.165, 1.54) is 0 Å². The van der Waals surface area contributed by atoms with Crippen LogP contribution in [0.15, 0.2) is 0 Å². The maximum atomic E-state index is 12.5. The van der Waals surface area contributed by atoms with Crippen LogP contribution in [0, 0.1) is 0 Å². The van der Waals surface area contributed by atoms with Crippen molar-refractivity contribution in [2.24, 2.45) is 0 Å². The van der Waals surface area contributed by atoms with E-state index in [1.807, 2.05) is 6.92 Å². The van der Waals surface area contributed by atoms with Gasteiger partial charge in [-0.1, -0.05) is 13.3 Å². The number of nitrogens with one attached hydrogen (secondary N) is 1. The van der Waals surface area contributed by atoms with Crippen molar-refractivity contribution in [3.8, 4) is 0 Å². The molecular formula is C12H20N2O3S. The highest BCUT2D eigenvalue weighted by Crippen LogP contribution is 2.32. The molecule has 2 unspecified atom stereocenters. The summed E-state index contributed by atoms with van der Waals surface area (Å²) in [5.74, 6) is -0.409. The van der Waals surface area contributed by atoms with Gasteiger partial charge in [-0.3, -0.25) is 4.79 Å². The van der Waals surface area contributed by atoms with Gasteiger partial charge in [0, 0.05) is 5.75 Å². The van der Waals surface area contributed by atoms with Crippen LogP contribution in [0.4, 0.5) is 0 Å². The Balaban J connectivity index is 2.10. The fourth-order valence-electron chi connectivity index (χ4n) is 2.61. The van der Waals surface area contributed by atoms with Crippen molar-refractivity contribution in [3.05, 3.63) is 0 Å². The van der Waals surface area contributed by atoms with Crippen LogP contribution in [0.5, 0.6) is 0 Å². The molecule has 2 saturated heterocycles. The first kappa shape index (κ1) is 13.7. The van der Waals surface area contributed by atoms with Crippen LogP contribution in [0.25, 0.3) is 0 Å². The molecule has 102 valence electrons. The lowest BCUT2D eigenvalue weighted by molar-refractivity contribution is -0.150. The van der Waals surface area contributed by atoms with E-state index in [9.17, 15) is 14.7 Å². The molecule has 0 radical (unpaired) electrons. The molecule has 0 spiro atoms. The normalized spacial score (nSPS) is 32.5. The molecule has 5 nitrogen and oxygen atoms in total. The Bertz CT molecular complexity index is 331. The Hall–Kier alpha value is -0.750. The number of carbonyl (C=O) groups is 2. The fourth-order valence-corrected chi connectivity index (χ4v) is 3.96. The number of thioether (sulfide) groups is 1. The van der Waals surface area contributed by atoms with Crippen LogP contribution in [-0.2, 0) is 9.59 Å². The molecule has 1 amide bonds. The molecule has 2 fully saturated rings. The third-order valence-electron chi connectivity index (χ3n) is 3.59. The van der Waals surface area contributed by atoms with Crippen LogP contribution in [0.3, 0.4) is 0 Å². The van der Waals surface area contributed by atoms with Crippen LogP contribution in [0.2, 0.25) is 0 Å². The highest BCUT2D eigenvalue weighted by molar-refractivity contribution is 8.00. The predicted octanol–water partition coefficient (Wildman–Crippen LogP) is 0.893. The van der Waals surface area contributed by atoms with E-state index in [0.717, 1.165) is 32.2 Å². The van der Waals surface area contributed by atoms with Gasteiger partial charge in [0.05, 0.1) is 11.4 Å².